The number of β-amino-alcohol motifs (C(OH)–C–C–N with tert-alkyl or cyclic N) is 1. The molecular formula is C16H29N5O2. The molecule has 2 atom stereocenters. The van der Waals surface area contributed by atoms with Gasteiger partial charge in [-0.1, -0.05) is 0 Å². The summed E-state index contributed by atoms with van der Waals surface area (Å²) in [5.74, 6) is 0.731. The number of hydrogen-bond acceptors (Lipinski definition) is 5. The first-order chi connectivity index (χ1) is 10.9. The van der Waals surface area contributed by atoms with Crippen molar-refractivity contribution in [1.29, 1.82) is 0 Å². The first-order valence-corrected chi connectivity index (χ1v) is 8.34. The van der Waals surface area contributed by atoms with E-state index in [2.05, 4.69) is 27.1 Å². The van der Waals surface area contributed by atoms with Crippen LogP contribution in [-0.2, 0) is 4.79 Å². The summed E-state index contributed by atoms with van der Waals surface area (Å²) in [4.78, 5) is 16.7. The summed E-state index contributed by atoms with van der Waals surface area (Å²) >= 11 is 0. The van der Waals surface area contributed by atoms with Gasteiger partial charge in [0.25, 0.3) is 0 Å². The van der Waals surface area contributed by atoms with Gasteiger partial charge in [-0.05, 0) is 27.7 Å². The van der Waals surface area contributed by atoms with Gasteiger partial charge in [-0.2, -0.15) is 5.10 Å². The molecule has 1 aliphatic heterocycles. The van der Waals surface area contributed by atoms with Crippen LogP contribution < -0.4 is 5.32 Å². The van der Waals surface area contributed by atoms with E-state index in [9.17, 15) is 9.90 Å². The van der Waals surface area contributed by atoms with Gasteiger partial charge >= 0.3 is 0 Å². The lowest BCUT2D eigenvalue weighted by molar-refractivity contribution is -0.118. The highest BCUT2D eigenvalue weighted by Crippen LogP contribution is 2.14. The van der Waals surface area contributed by atoms with Gasteiger partial charge < -0.3 is 10.4 Å². The van der Waals surface area contributed by atoms with E-state index in [1.807, 2.05) is 26.8 Å². The van der Waals surface area contributed by atoms with Crippen LogP contribution in [0.5, 0.6) is 0 Å². The van der Waals surface area contributed by atoms with E-state index in [-0.39, 0.29) is 18.1 Å². The molecule has 2 heterocycles. The Bertz CT molecular complexity index is 514. The molecule has 0 aromatic carbocycles. The molecule has 2 rings (SSSR count). The fourth-order valence-corrected chi connectivity index (χ4v) is 3.04. The molecule has 0 saturated carbocycles. The molecule has 7 heteroatoms. The number of aliphatic hydroxyl groups excluding tert-OH is 1. The number of piperazine rings is 1. The molecular weight excluding hydrogens is 294 g/mol. The fraction of sp³-hybridized carbons (Fsp3) is 0.750. The zero-order valence-electron chi connectivity index (χ0n) is 14.6. The van der Waals surface area contributed by atoms with Gasteiger partial charge in [-0.15, -0.1) is 0 Å². The van der Waals surface area contributed by atoms with Gasteiger partial charge in [0.05, 0.1) is 18.8 Å². The van der Waals surface area contributed by atoms with Crippen molar-refractivity contribution in [2.24, 2.45) is 0 Å². The van der Waals surface area contributed by atoms with Crippen LogP contribution in [0.1, 0.15) is 33.7 Å². The van der Waals surface area contributed by atoms with Crippen LogP contribution in [0.15, 0.2) is 12.3 Å². The zero-order chi connectivity index (χ0) is 17.0. The molecule has 7 nitrogen and oxygen atoms in total. The first-order valence-electron chi connectivity index (χ1n) is 8.34. The highest BCUT2D eigenvalue weighted by atomic mass is 16.3. The van der Waals surface area contributed by atoms with Gasteiger partial charge in [-0.25, -0.2) is 4.68 Å². The van der Waals surface area contributed by atoms with Crippen LogP contribution in [0.4, 0.5) is 5.82 Å². The van der Waals surface area contributed by atoms with Gasteiger partial charge in [0, 0.05) is 44.3 Å². The molecule has 2 unspecified atom stereocenters. The molecule has 0 bridgehead atoms. The summed E-state index contributed by atoms with van der Waals surface area (Å²) in [5.41, 5.74) is 0. The van der Waals surface area contributed by atoms with Crippen LogP contribution in [0, 0.1) is 0 Å². The molecule has 23 heavy (non-hydrogen) atoms. The number of nitrogens with one attached hydrogen (secondary N) is 1. The summed E-state index contributed by atoms with van der Waals surface area (Å²) in [5, 5.41) is 16.7. The van der Waals surface area contributed by atoms with E-state index in [0.717, 1.165) is 25.5 Å². The predicted octanol–water partition coefficient (Wildman–Crippen LogP) is 0.789. The van der Waals surface area contributed by atoms with Crippen molar-refractivity contribution in [3.63, 3.8) is 0 Å². The summed E-state index contributed by atoms with van der Waals surface area (Å²) in [6.07, 6.45) is 1.38. The lowest BCUT2D eigenvalue weighted by Crippen LogP contribution is -2.54. The topological polar surface area (TPSA) is 73.6 Å². The van der Waals surface area contributed by atoms with Gasteiger partial charge in [0.15, 0.2) is 0 Å². The van der Waals surface area contributed by atoms with Gasteiger partial charge in [0.2, 0.25) is 5.91 Å². The monoisotopic (exact) mass is 323 g/mol. The summed E-state index contributed by atoms with van der Waals surface area (Å²) in [7, 11) is 0. The largest absolute Gasteiger partial charge is 0.392 e. The molecule has 0 radical (unpaired) electrons. The van der Waals surface area contributed by atoms with E-state index in [1.165, 1.54) is 0 Å². The second-order valence-electron chi connectivity index (χ2n) is 6.73. The summed E-state index contributed by atoms with van der Waals surface area (Å²) in [6.45, 7) is 11.6. The standard InChI is InChI=1S/C16H29N5O2/c1-12(2)21-15(5-6-17-21)18-16(23)11-19-7-8-20(10-14(4)22)13(3)9-19/h5-6,12-14,22H,7-11H2,1-4H3,(H,18,23). The number of amides is 1. The van der Waals surface area contributed by atoms with Crippen molar-refractivity contribution in [3.05, 3.63) is 12.3 Å². The van der Waals surface area contributed by atoms with Gasteiger partial charge in [-0.3, -0.25) is 14.6 Å². The quantitative estimate of drug-likeness (QED) is 0.810. The molecule has 1 amide bonds. The van der Waals surface area contributed by atoms with Crippen LogP contribution in [-0.4, -0.2) is 75.5 Å². The molecule has 1 aromatic rings. The second-order valence-corrected chi connectivity index (χ2v) is 6.73. The van der Waals surface area contributed by atoms with E-state index >= 15 is 0 Å². The molecule has 1 aromatic heterocycles. The minimum absolute atomic E-state index is 0.0106. The Morgan fingerprint density at radius 2 is 2.17 bits per heavy atom. The average molecular weight is 323 g/mol. The SMILES string of the molecule is CC(O)CN1CCN(CC(=O)Nc2ccnn2C(C)C)CC1C. The summed E-state index contributed by atoms with van der Waals surface area (Å²) < 4.78 is 1.81. The maximum absolute atomic E-state index is 12.3. The Labute approximate surface area is 138 Å². The molecule has 1 saturated heterocycles. The second kappa shape index (κ2) is 7.90. The van der Waals surface area contributed by atoms with Crippen molar-refractivity contribution in [2.45, 2.75) is 45.9 Å². The fourth-order valence-electron chi connectivity index (χ4n) is 3.04. The number of carbonyl (C=O) groups is 1. The number of nitrogens with zero attached hydrogens (tertiary/aromatic N) is 4. The predicted molar refractivity (Wildman–Crippen MR) is 90.4 cm³/mol. The van der Waals surface area contributed by atoms with E-state index in [1.54, 1.807) is 10.9 Å². The van der Waals surface area contributed by atoms with E-state index in [4.69, 9.17) is 0 Å². The lowest BCUT2D eigenvalue weighted by Gasteiger charge is -2.40. The maximum Gasteiger partial charge on any atom is 0.239 e. The minimum atomic E-state index is -0.316. The van der Waals surface area contributed by atoms with Crippen LogP contribution >= 0.6 is 0 Å². The van der Waals surface area contributed by atoms with Crippen LogP contribution in [0.2, 0.25) is 0 Å². The summed E-state index contributed by atoms with van der Waals surface area (Å²) in [6, 6.07) is 2.37. The number of carbonyl (C=O) groups excluding carboxylic acids is 1. The Morgan fingerprint density at radius 1 is 1.43 bits per heavy atom. The normalized spacial score (nSPS) is 21.6. The number of hydrogen-bond donors (Lipinski definition) is 2. The zero-order valence-corrected chi connectivity index (χ0v) is 14.6. The molecule has 1 aliphatic rings. The Hall–Kier alpha value is -1.44. The first kappa shape index (κ1) is 17.9. The number of aliphatic hydroxyl groups is 1. The van der Waals surface area contributed by atoms with Crippen molar-refractivity contribution >= 4 is 11.7 Å². The third-order valence-corrected chi connectivity index (χ3v) is 4.14. The van der Waals surface area contributed by atoms with Crippen molar-refractivity contribution in [2.75, 3.05) is 38.0 Å². The number of anilines is 1. The third kappa shape index (κ3) is 5.02. The smallest absolute Gasteiger partial charge is 0.239 e. The average Bonchev–Trinajstić information content (AvgIpc) is 2.89. The Balaban J connectivity index is 1.83. The van der Waals surface area contributed by atoms with Crippen LogP contribution in [0.25, 0.3) is 0 Å². The molecule has 2 N–H and O–H groups in total. The van der Waals surface area contributed by atoms with Crippen molar-refractivity contribution in [1.82, 2.24) is 19.6 Å². The van der Waals surface area contributed by atoms with Crippen molar-refractivity contribution in [3.8, 4) is 0 Å². The number of rotatable bonds is 6. The van der Waals surface area contributed by atoms with E-state index in [0.29, 0.717) is 19.1 Å². The number of aromatic nitrogens is 2. The lowest BCUT2D eigenvalue weighted by atomic mass is 10.1. The maximum atomic E-state index is 12.3. The van der Waals surface area contributed by atoms with E-state index < -0.39 is 0 Å². The van der Waals surface area contributed by atoms with Gasteiger partial charge in [0.1, 0.15) is 5.82 Å². The molecule has 130 valence electrons. The molecule has 1 fully saturated rings. The van der Waals surface area contributed by atoms with Crippen molar-refractivity contribution < 1.29 is 9.90 Å². The Morgan fingerprint density at radius 3 is 2.78 bits per heavy atom. The third-order valence-electron chi connectivity index (χ3n) is 4.14. The highest BCUT2D eigenvalue weighted by Gasteiger charge is 2.25. The van der Waals surface area contributed by atoms with Crippen LogP contribution in [0.3, 0.4) is 0 Å². The molecule has 0 spiro atoms. The molecule has 0 aliphatic carbocycles. The highest BCUT2D eigenvalue weighted by molar-refractivity contribution is 5.91. The minimum Gasteiger partial charge on any atom is -0.392 e. The Kier molecular flexibility index (Phi) is 6.15.